The van der Waals surface area contributed by atoms with Crippen molar-refractivity contribution in [3.05, 3.63) is 56.7 Å². The van der Waals surface area contributed by atoms with Crippen LogP contribution in [-0.2, 0) is 11.3 Å². The molecule has 2 nitrogen and oxygen atoms in total. The first-order valence-corrected chi connectivity index (χ1v) is 7.01. The summed E-state index contributed by atoms with van der Waals surface area (Å²) < 4.78 is 5.86. The Morgan fingerprint density at radius 1 is 1.33 bits per heavy atom. The third kappa shape index (κ3) is 3.56. The zero-order valence-electron chi connectivity index (χ0n) is 10.2. The first-order chi connectivity index (χ1) is 8.69. The highest BCUT2D eigenvalue weighted by molar-refractivity contribution is 7.12. The second kappa shape index (κ2) is 6.34. The molecule has 4 heteroatoms. The molecule has 0 aliphatic rings. The Morgan fingerprint density at radius 3 is 2.78 bits per heavy atom. The van der Waals surface area contributed by atoms with Crippen molar-refractivity contribution >= 4 is 22.9 Å². The average molecular weight is 282 g/mol. The van der Waals surface area contributed by atoms with Gasteiger partial charge in [0.05, 0.1) is 6.61 Å². The fourth-order valence-electron chi connectivity index (χ4n) is 1.72. The molecule has 96 valence electrons. The number of thiophene rings is 1. The fourth-order valence-corrected chi connectivity index (χ4v) is 2.87. The average Bonchev–Trinajstić information content (AvgIpc) is 2.77. The minimum Gasteiger partial charge on any atom is -0.367 e. The van der Waals surface area contributed by atoms with Crippen LogP contribution in [0.5, 0.6) is 0 Å². The van der Waals surface area contributed by atoms with Crippen LogP contribution in [0, 0.1) is 6.92 Å². The Bertz CT molecular complexity index is 512. The summed E-state index contributed by atoms with van der Waals surface area (Å²) in [5, 5.41) is 0.729. The van der Waals surface area contributed by atoms with Crippen molar-refractivity contribution < 1.29 is 4.74 Å². The second-order valence-electron chi connectivity index (χ2n) is 4.11. The van der Waals surface area contributed by atoms with E-state index in [4.69, 9.17) is 22.1 Å². The molecule has 0 radical (unpaired) electrons. The van der Waals surface area contributed by atoms with E-state index in [-0.39, 0.29) is 6.10 Å². The lowest BCUT2D eigenvalue weighted by molar-refractivity contribution is 0.0480. The van der Waals surface area contributed by atoms with Gasteiger partial charge in [0.1, 0.15) is 6.10 Å². The Morgan fingerprint density at radius 2 is 2.17 bits per heavy atom. The Labute approximate surface area is 116 Å². The molecular weight excluding hydrogens is 266 g/mol. The predicted molar refractivity (Wildman–Crippen MR) is 77.1 cm³/mol. The molecule has 1 unspecified atom stereocenters. The third-order valence-electron chi connectivity index (χ3n) is 2.63. The van der Waals surface area contributed by atoms with Crippen LogP contribution in [0.1, 0.15) is 21.4 Å². The quantitative estimate of drug-likeness (QED) is 0.901. The van der Waals surface area contributed by atoms with Gasteiger partial charge >= 0.3 is 0 Å². The van der Waals surface area contributed by atoms with E-state index in [0.717, 1.165) is 10.6 Å². The van der Waals surface area contributed by atoms with E-state index in [2.05, 4.69) is 19.1 Å². The SMILES string of the molecule is Cc1ccc(C(CN)OCc2cccc(Cl)c2)s1. The molecule has 1 atom stereocenters. The van der Waals surface area contributed by atoms with Crippen molar-refractivity contribution in [1.82, 2.24) is 0 Å². The molecule has 0 fully saturated rings. The number of hydrogen-bond donors (Lipinski definition) is 1. The van der Waals surface area contributed by atoms with Crippen molar-refractivity contribution in [2.24, 2.45) is 5.73 Å². The van der Waals surface area contributed by atoms with Crippen LogP contribution in [0.15, 0.2) is 36.4 Å². The van der Waals surface area contributed by atoms with Crippen LogP contribution in [0.4, 0.5) is 0 Å². The lowest BCUT2D eigenvalue weighted by Gasteiger charge is -2.14. The van der Waals surface area contributed by atoms with E-state index in [1.165, 1.54) is 9.75 Å². The van der Waals surface area contributed by atoms with Gasteiger partial charge < -0.3 is 10.5 Å². The molecule has 18 heavy (non-hydrogen) atoms. The van der Waals surface area contributed by atoms with Crippen LogP contribution < -0.4 is 5.73 Å². The summed E-state index contributed by atoms with van der Waals surface area (Å²) in [5.41, 5.74) is 6.83. The number of hydrogen-bond acceptors (Lipinski definition) is 3. The largest absolute Gasteiger partial charge is 0.367 e. The topological polar surface area (TPSA) is 35.2 Å². The van der Waals surface area contributed by atoms with Gasteiger partial charge in [-0.3, -0.25) is 0 Å². The molecule has 0 saturated carbocycles. The van der Waals surface area contributed by atoms with Gasteiger partial charge in [0.25, 0.3) is 0 Å². The highest BCUT2D eigenvalue weighted by Gasteiger charge is 2.12. The summed E-state index contributed by atoms with van der Waals surface area (Å²) in [5.74, 6) is 0. The summed E-state index contributed by atoms with van der Waals surface area (Å²) in [7, 11) is 0. The number of rotatable bonds is 5. The molecule has 0 aliphatic carbocycles. The molecule has 0 bridgehead atoms. The van der Waals surface area contributed by atoms with Crippen LogP contribution in [-0.4, -0.2) is 6.54 Å². The lowest BCUT2D eigenvalue weighted by Crippen LogP contribution is -2.14. The second-order valence-corrected chi connectivity index (χ2v) is 5.87. The maximum absolute atomic E-state index is 5.94. The summed E-state index contributed by atoms with van der Waals surface area (Å²) in [6.07, 6.45) is -0.0392. The molecular formula is C14H16ClNOS. The normalized spacial score (nSPS) is 12.6. The van der Waals surface area contributed by atoms with Gasteiger partial charge in [-0.15, -0.1) is 11.3 Å². The number of halogens is 1. The first-order valence-electron chi connectivity index (χ1n) is 5.81. The monoisotopic (exact) mass is 281 g/mol. The van der Waals surface area contributed by atoms with Crippen LogP contribution in [0.2, 0.25) is 5.02 Å². The molecule has 1 aromatic heterocycles. The molecule has 0 amide bonds. The molecule has 2 aromatic rings. The van der Waals surface area contributed by atoms with E-state index in [9.17, 15) is 0 Å². The molecule has 1 aromatic carbocycles. The Balaban J connectivity index is 1.99. The zero-order valence-corrected chi connectivity index (χ0v) is 11.8. The molecule has 2 N–H and O–H groups in total. The number of benzene rings is 1. The van der Waals surface area contributed by atoms with Crippen molar-refractivity contribution in [1.29, 1.82) is 0 Å². The summed E-state index contributed by atoms with van der Waals surface area (Å²) >= 11 is 7.66. The van der Waals surface area contributed by atoms with Gasteiger partial charge in [-0.2, -0.15) is 0 Å². The molecule has 0 saturated heterocycles. The number of ether oxygens (including phenoxy) is 1. The molecule has 0 spiro atoms. The van der Waals surface area contributed by atoms with Crippen molar-refractivity contribution in [2.75, 3.05) is 6.54 Å². The molecule has 0 aliphatic heterocycles. The third-order valence-corrected chi connectivity index (χ3v) is 3.96. The fraction of sp³-hybridized carbons (Fsp3) is 0.286. The van der Waals surface area contributed by atoms with Gasteiger partial charge in [-0.25, -0.2) is 0 Å². The van der Waals surface area contributed by atoms with Gasteiger partial charge in [0, 0.05) is 21.3 Å². The maximum Gasteiger partial charge on any atom is 0.104 e. The first kappa shape index (κ1) is 13.6. The smallest absolute Gasteiger partial charge is 0.104 e. The molecule has 2 rings (SSSR count). The van der Waals surface area contributed by atoms with Crippen molar-refractivity contribution in [3.63, 3.8) is 0 Å². The highest BCUT2D eigenvalue weighted by atomic mass is 35.5. The highest BCUT2D eigenvalue weighted by Crippen LogP contribution is 2.26. The maximum atomic E-state index is 5.94. The van der Waals surface area contributed by atoms with Crippen molar-refractivity contribution in [3.8, 4) is 0 Å². The molecule has 1 heterocycles. The predicted octanol–water partition coefficient (Wildman–Crippen LogP) is 3.93. The van der Waals surface area contributed by atoms with E-state index in [1.54, 1.807) is 11.3 Å². The zero-order chi connectivity index (χ0) is 13.0. The van der Waals surface area contributed by atoms with Gasteiger partial charge in [-0.1, -0.05) is 23.7 Å². The summed E-state index contributed by atoms with van der Waals surface area (Å²) in [6, 6.07) is 11.9. The number of aryl methyl sites for hydroxylation is 1. The summed E-state index contributed by atoms with van der Waals surface area (Å²) in [4.78, 5) is 2.45. The van der Waals surface area contributed by atoms with E-state index < -0.39 is 0 Å². The van der Waals surface area contributed by atoms with E-state index >= 15 is 0 Å². The standard InChI is InChI=1S/C14H16ClNOS/c1-10-5-6-14(18-10)13(8-16)17-9-11-3-2-4-12(15)7-11/h2-7,13H,8-9,16H2,1H3. The van der Waals surface area contributed by atoms with E-state index in [0.29, 0.717) is 13.2 Å². The van der Waals surface area contributed by atoms with E-state index in [1.807, 2.05) is 24.3 Å². The van der Waals surface area contributed by atoms with Crippen LogP contribution >= 0.6 is 22.9 Å². The van der Waals surface area contributed by atoms with Crippen LogP contribution in [0.25, 0.3) is 0 Å². The minimum atomic E-state index is -0.0392. The number of nitrogens with two attached hydrogens (primary N) is 1. The van der Waals surface area contributed by atoms with Gasteiger partial charge in [0.2, 0.25) is 0 Å². The Hall–Kier alpha value is -0.870. The van der Waals surface area contributed by atoms with Crippen LogP contribution in [0.3, 0.4) is 0 Å². The van der Waals surface area contributed by atoms with Gasteiger partial charge in [0.15, 0.2) is 0 Å². The minimum absolute atomic E-state index is 0.0392. The lowest BCUT2D eigenvalue weighted by atomic mass is 10.2. The Kier molecular flexibility index (Phi) is 4.78. The van der Waals surface area contributed by atoms with Crippen molar-refractivity contribution in [2.45, 2.75) is 19.6 Å². The van der Waals surface area contributed by atoms with Gasteiger partial charge in [-0.05, 0) is 36.8 Å². The summed E-state index contributed by atoms with van der Waals surface area (Å²) in [6.45, 7) is 3.10.